The lowest BCUT2D eigenvalue weighted by Crippen LogP contribution is -2.50. The Morgan fingerprint density at radius 1 is 0.923 bits per heavy atom. The minimum absolute atomic E-state index is 0.00879. The van der Waals surface area contributed by atoms with Gasteiger partial charge in [-0.3, -0.25) is 14.4 Å². The predicted octanol–water partition coefficient (Wildman–Crippen LogP) is 4.85. The fourth-order valence-corrected chi connectivity index (χ4v) is 6.50. The van der Waals surface area contributed by atoms with Gasteiger partial charge in [0.25, 0.3) is 0 Å². The van der Waals surface area contributed by atoms with E-state index in [0.717, 1.165) is 23.6 Å². The van der Waals surface area contributed by atoms with Gasteiger partial charge in [0.15, 0.2) is 9.84 Å². The molecule has 0 heterocycles. The molecule has 0 bridgehead atoms. The van der Waals surface area contributed by atoms with Crippen molar-refractivity contribution in [3.05, 3.63) is 42.5 Å². The maximum absolute atomic E-state index is 13.9. The molecule has 0 spiro atoms. The van der Waals surface area contributed by atoms with Crippen LogP contribution in [-0.4, -0.2) is 74.0 Å². The van der Waals surface area contributed by atoms with Gasteiger partial charge < -0.3 is 14.5 Å². The predicted molar refractivity (Wildman–Crippen MR) is 154 cm³/mol. The van der Waals surface area contributed by atoms with Crippen LogP contribution in [0.15, 0.2) is 47.4 Å². The minimum Gasteiger partial charge on any atom is -0.469 e. The molecule has 0 saturated carbocycles. The van der Waals surface area contributed by atoms with Crippen LogP contribution in [0.25, 0.3) is 10.8 Å². The molecule has 0 aromatic heterocycles. The highest BCUT2D eigenvalue weighted by Crippen LogP contribution is 2.24. The second-order valence-corrected chi connectivity index (χ2v) is 12.6. The summed E-state index contributed by atoms with van der Waals surface area (Å²) in [6.45, 7) is 9.96. The van der Waals surface area contributed by atoms with Crippen LogP contribution < -0.4 is 0 Å². The van der Waals surface area contributed by atoms with Gasteiger partial charge in [-0.2, -0.15) is 0 Å². The zero-order chi connectivity index (χ0) is 29.2. The molecule has 8 nitrogen and oxygen atoms in total. The number of benzene rings is 2. The van der Waals surface area contributed by atoms with Gasteiger partial charge in [-0.15, -0.1) is 0 Å². The number of carbonyl (C=O) groups excluding carboxylic acids is 3. The summed E-state index contributed by atoms with van der Waals surface area (Å²) in [5.74, 6) is -2.59. The summed E-state index contributed by atoms with van der Waals surface area (Å²) in [6.07, 6.45) is 2.41. The maximum Gasteiger partial charge on any atom is 0.305 e. The van der Waals surface area contributed by atoms with Crippen molar-refractivity contribution in [3.8, 4) is 0 Å². The van der Waals surface area contributed by atoms with Crippen molar-refractivity contribution in [2.24, 2.45) is 5.92 Å². The molecule has 0 saturated heterocycles. The summed E-state index contributed by atoms with van der Waals surface area (Å²) in [4.78, 5) is 42.5. The molecule has 2 amide bonds. The lowest BCUT2D eigenvalue weighted by Gasteiger charge is -2.34. The number of hydrogen-bond acceptors (Lipinski definition) is 6. The number of nitrogens with zero attached hydrogens (tertiary/aromatic N) is 2. The topological polar surface area (TPSA) is 101 Å². The summed E-state index contributed by atoms with van der Waals surface area (Å²) < 4.78 is 31.8. The van der Waals surface area contributed by atoms with E-state index in [1.165, 1.54) is 12.0 Å². The summed E-state index contributed by atoms with van der Waals surface area (Å²) in [5.41, 5.74) is 0. The summed E-state index contributed by atoms with van der Waals surface area (Å²) >= 11 is 0. The number of ether oxygens (including phenoxy) is 1. The number of sulfone groups is 1. The number of fused-ring (bicyclic) bond motifs is 1. The lowest BCUT2D eigenvalue weighted by molar-refractivity contribution is -0.145. The van der Waals surface area contributed by atoms with Crippen LogP contribution in [-0.2, 0) is 29.0 Å². The zero-order valence-corrected chi connectivity index (χ0v) is 25.0. The monoisotopic (exact) mass is 560 g/mol. The average Bonchev–Trinajstić information content (AvgIpc) is 2.89. The van der Waals surface area contributed by atoms with E-state index >= 15 is 0 Å². The number of esters is 1. The number of amides is 2. The van der Waals surface area contributed by atoms with Gasteiger partial charge in [-0.05, 0) is 63.4 Å². The average molecular weight is 561 g/mol. The molecule has 0 aliphatic heterocycles. The highest BCUT2D eigenvalue weighted by molar-refractivity contribution is 7.91. The van der Waals surface area contributed by atoms with Crippen LogP contribution in [0.2, 0.25) is 0 Å². The van der Waals surface area contributed by atoms with Crippen LogP contribution in [0.5, 0.6) is 0 Å². The fraction of sp³-hybridized carbons (Fsp3) is 0.567. The first kappa shape index (κ1) is 32.3. The first-order chi connectivity index (χ1) is 18.4. The van der Waals surface area contributed by atoms with Gasteiger partial charge in [0.1, 0.15) is 0 Å². The Morgan fingerprint density at radius 2 is 1.56 bits per heavy atom. The molecule has 9 heteroatoms. The van der Waals surface area contributed by atoms with E-state index in [1.54, 1.807) is 23.1 Å². The number of unbranched alkanes of at least 4 members (excludes halogenated alkanes) is 2. The van der Waals surface area contributed by atoms with Crippen molar-refractivity contribution >= 4 is 38.4 Å². The van der Waals surface area contributed by atoms with Gasteiger partial charge in [0.05, 0.1) is 30.2 Å². The smallest absolute Gasteiger partial charge is 0.305 e. The molecule has 39 heavy (non-hydrogen) atoms. The number of rotatable bonds is 15. The van der Waals surface area contributed by atoms with Crippen molar-refractivity contribution in [1.29, 1.82) is 0 Å². The standard InChI is InChI=1S/C30H44N2O6S/c1-7-8-11-18-31(20-28(33)32(22(2)3)23(4)5)30(35)26(15-17-29(34)38-6)21-39(36,37)27-16-14-24-12-9-10-13-25(24)19-27/h9-10,12-14,16,19,22-23,26H,7-8,11,15,17-18,20-21H2,1-6H3. The molecule has 0 radical (unpaired) electrons. The van der Waals surface area contributed by atoms with Gasteiger partial charge in [-0.1, -0.05) is 50.1 Å². The Labute approximate surface area is 233 Å². The van der Waals surface area contributed by atoms with E-state index in [9.17, 15) is 22.8 Å². The second kappa shape index (κ2) is 15.0. The highest BCUT2D eigenvalue weighted by atomic mass is 32.2. The molecule has 0 aliphatic rings. The van der Waals surface area contributed by atoms with Crippen LogP contribution in [0.4, 0.5) is 0 Å². The normalized spacial score (nSPS) is 12.5. The largest absolute Gasteiger partial charge is 0.469 e. The SMILES string of the molecule is CCCCCN(CC(=O)N(C(C)C)C(C)C)C(=O)C(CCC(=O)OC)CS(=O)(=O)c1ccc2ccccc2c1. The molecular formula is C30H44N2O6S. The van der Waals surface area contributed by atoms with E-state index < -0.39 is 33.4 Å². The van der Waals surface area contributed by atoms with Crippen LogP contribution >= 0.6 is 0 Å². The summed E-state index contributed by atoms with van der Waals surface area (Å²) in [5, 5.41) is 1.69. The molecule has 2 aromatic rings. The number of hydrogen-bond donors (Lipinski definition) is 0. The molecule has 1 atom stereocenters. The second-order valence-electron chi connectivity index (χ2n) is 10.6. The molecule has 0 fully saturated rings. The third kappa shape index (κ3) is 9.34. The third-order valence-corrected chi connectivity index (χ3v) is 8.66. The molecule has 0 N–H and O–H groups in total. The van der Waals surface area contributed by atoms with E-state index in [0.29, 0.717) is 13.0 Å². The lowest BCUT2D eigenvalue weighted by atomic mass is 10.0. The van der Waals surface area contributed by atoms with E-state index in [4.69, 9.17) is 4.74 Å². The van der Waals surface area contributed by atoms with Crippen molar-refractivity contribution in [2.75, 3.05) is 26.0 Å². The van der Waals surface area contributed by atoms with Crippen molar-refractivity contribution in [2.45, 2.75) is 83.7 Å². The van der Waals surface area contributed by atoms with Crippen molar-refractivity contribution in [1.82, 2.24) is 9.80 Å². The molecule has 2 rings (SSSR count). The Hall–Kier alpha value is -2.94. The highest BCUT2D eigenvalue weighted by Gasteiger charge is 2.33. The van der Waals surface area contributed by atoms with Crippen molar-refractivity contribution < 1.29 is 27.5 Å². The van der Waals surface area contributed by atoms with Crippen LogP contribution in [0.1, 0.15) is 66.7 Å². The number of methoxy groups -OCH3 is 1. The first-order valence-electron chi connectivity index (χ1n) is 13.8. The number of carbonyl (C=O) groups is 3. The van der Waals surface area contributed by atoms with Crippen LogP contribution in [0.3, 0.4) is 0 Å². The Bertz CT molecular complexity index is 1220. The van der Waals surface area contributed by atoms with Crippen molar-refractivity contribution in [3.63, 3.8) is 0 Å². The molecule has 2 aromatic carbocycles. The van der Waals surface area contributed by atoms with E-state index in [1.807, 2.05) is 58.9 Å². The third-order valence-electron chi connectivity index (χ3n) is 6.84. The Kier molecular flexibility index (Phi) is 12.4. The minimum atomic E-state index is -3.88. The molecular weight excluding hydrogens is 516 g/mol. The zero-order valence-electron chi connectivity index (χ0n) is 24.2. The Balaban J connectivity index is 2.39. The van der Waals surface area contributed by atoms with Gasteiger partial charge in [-0.25, -0.2) is 8.42 Å². The van der Waals surface area contributed by atoms with E-state index in [2.05, 4.69) is 0 Å². The fourth-order valence-electron chi connectivity index (χ4n) is 4.89. The molecule has 216 valence electrons. The van der Waals surface area contributed by atoms with Gasteiger partial charge in [0, 0.05) is 25.0 Å². The van der Waals surface area contributed by atoms with Gasteiger partial charge in [0.2, 0.25) is 11.8 Å². The first-order valence-corrected chi connectivity index (χ1v) is 15.4. The molecule has 1 unspecified atom stereocenters. The summed E-state index contributed by atoms with van der Waals surface area (Å²) in [6, 6.07) is 12.3. The summed E-state index contributed by atoms with van der Waals surface area (Å²) in [7, 11) is -2.62. The van der Waals surface area contributed by atoms with Crippen LogP contribution in [0, 0.1) is 5.92 Å². The quantitative estimate of drug-likeness (QED) is 0.228. The maximum atomic E-state index is 13.9. The van der Waals surface area contributed by atoms with Gasteiger partial charge >= 0.3 is 5.97 Å². The van der Waals surface area contributed by atoms with E-state index in [-0.39, 0.29) is 42.3 Å². The molecule has 0 aliphatic carbocycles. The Morgan fingerprint density at radius 3 is 2.15 bits per heavy atom.